The molecule has 5 N–H and O–H groups in total. The van der Waals surface area contributed by atoms with Gasteiger partial charge in [0, 0.05) is 12.7 Å². The van der Waals surface area contributed by atoms with Crippen LogP contribution in [0.3, 0.4) is 0 Å². The number of carboxylic acids is 1. The Balaban J connectivity index is 1.69. The Hall–Kier alpha value is -2.60. The quantitative estimate of drug-likeness (QED) is 0.488. The van der Waals surface area contributed by atoms with E-state index in [1.165, 1.54) is 0 Å². The molecule has 26 heavy (non-hydrogen) atoms. The number of nitrogens with zero attached hydrogens (tertiary/aromatic N) is 1. The minimum absolute atomic E-state index is 0.518. The molecule has 0 atom stereocenters. The lowest BCUT2D eigenvalue weighted by atomic mass is 9.84. The Morgan fingerprint density at radius 1 is 1.19 bits per heavy atom. The molecule has 0 fully saturated rings. The van der Waals surface area contributed by atoms with Crippen LogP contribution in [-0.4, -0.2) is 35.7 Å². The molecule has 0 bridgehead atoms. The molecule has 0 aliphatic carbocycles. The van der Waals surface area contributed by atoms with Gasteiger partial charge in [-0.25, -0.2) is 4.98 Å². The first-order valence-corrected chi connectivity index (χ1v) is 8.89. The first-order chi connectivity index (χ1) is 12.4. The van der Waals surface area contributed by atoms with Crippen molar-refractivity contribution in [2.24, 2.45) is 0 Å². The van der Waals surface area contributed by atoms with Crippen molar-refractivity contribution in [3.63, 3.8) is 0 Å². The monoisotopic (exact) mass is 356 g/mol. The van der Waals surface area contributed by atoms with Gasteiger partial charge in [-0.3, -0.25) is 4.79 Å². The number of benzene rings is 1. The van der Waals surface area contributed by atoms with Crippen LogP contribution < -0.4 is 16.4 Å². The highest BCUT2D eigenvalue weighted by Gasteiger charge is 2.29. The van der Waals surface area contributed by atoms with Gasteiger partial charge in [0.05, 0.1) is 11.1 Å². The average Bonchev–Trinajstić information content (AvgIpc) is 2.62. The van der Waals surface area contributed by atoms with E-state index in [0.717, 1.165) is 49.3 Å². The molecule has 0 aliphatic rings. The number of hydrogen-bond acceptors (Lipinski definition) is 5. The van der Waals surface area contributed by atoms with E-state index in [0.29, 0.717) is 5.82 Å². The molecule has 140 valence electrons. The molecule has 2 aromatic rings. The fraction of sp³-hybridized carbons (Fsp3) is 0.400. The predicted molar refractivity (Wildman–Crippen MR) is 105 cm³/mol. The number of pyridine rings is 1. The molecule has 0 amide bonds. The molecule has 0 saturated heterocycles. The highest BCUT2D eigenvalue weighted by molar-refractivity contribution is 5.80. The van der Waals surface area contributed by atoms with Gasteiger partial charge < -0.3 is 21.5 Å². The molecule has 1 aromatic carbocycles. The normalized spacial score (nSPS) is 11.3. The van der Waals surface area contributed by atoms with Crippen molar-refractivity contribution in [1.82, 2.24) is 10.3 Å². The predicted octanol–water partition coefficient (Wildman–Crippen LogP) is 2.66. The molecule has 1 aromatic heterocycles. The van der Waals surface area contributed by atoms with Gasteiger partial charge in [0.2, 0.25) is 0 Å². The molecule has 1 heterocycles. The summed E-state index contributed by atoms with van der Waals surface area (Å²) < 4.78 is 0. The van der Waals surface area contributed by atoms with Crippen LogP contribution in [0, 0.1) is 0 Å². The van der Waals surface area contributed by atoms with Crippen molar-refractivity contribution >= 4 is 17.5 Å². The first kappa shape index (κ1) is 19.7. The summed E-state index contributed by atoms with van der Waals surface area (Å²) >= 11 is 0. The summed E-state index contributed by atoms with van der Waals surface area (Å²) in [5.41, 5.74) is 7.76. The maximum absolute atomic E-state index is 11.4. The van der Waals surface area contributed by atoms with E-state index in [-0.39, 0.29) is 0 Å². The van der Waals surface area contributed by atoms with E-state index >= 15 is 0 Å². The zero-order valence-corrected chi connectivity index (χ0v) is 15.5. The summed E-state index contributed by atoms with van der Waals surface area (Å²) in [5, 5.41) is 16.0. The second kappa shape index (κ2) is 9.20. The Morgan fingerprint density at radius 3 is 2.73 bits per heavy atom. The molecule has 0 saturated carbocycles. The molecule has 6 heteroatoms. The summed E-state index contributed by atoms with van der Waals surface area (Å²) in [7, 11) is 0. The summed E-state index contributed by atoms with van der Waals surface area (Å²) in [5.74, 6) is -0.292. The van der Waals surface area contributed by atoms with Crippen LogP contribution in [-0.2, 0) is 16.6 Å². The number of nitrogens with two attached hydrogens (primary N) is 1. The Kier molecular flexibility index (Phi) is 6.97. The lowest BCUT2D eigenvalue weighted by molar-refractivity contribution is -0.142. The van der Waals surface area contributed by atoms with E-state index in [1.54, 1.807) is 20.0 Å². The second-order valence-electron chi connectivity index (χ2n) is 6.85. The third kappa shape index (κ3) is 5.46. The molecule has 0 aliphatic heterocycles. The summed E-state index contributed by atoms with van der Waals surface area (Å²) in [6.07, 6.45) is 3.52. The van der Waals surface area contributed by atoms with Crippen molar-refractivity contribution in [3.8, 4) is 0 Å². The molecular formula is C20H28N4O2. The van der Waals surface area contributed by atoms with Gasteiger partial charge in [0.15, 0.2) is 0 Å². The minimum Gasteiger partial charge on any atom is -0.481 e. The van der Waals surface area contributed by atoms with Crippen LogP contribution in [0.1, 0.15) is 31.4 Å². The summed E-state index contributed by atoms with van der Waals surface area (Å²) in [6, 6.07) is 11.6. The third-order valence-electron chi connectivity index (χ3n) is 4.46. The topological polar surface area (TPSA) is 100 Å². The largest absolute Gasteiger partial charge is 0.481 e. The minimum atomic E-state index is -0.872. The Bertz CT molecular complexity index is 731. The molecule has 0 unspecified atom stereocenters. The molecule has 0 spiro atoms. The van der Waals surface area contributed by atoms with Crippen molar-refractivity contribution in [1.29, 1.82) is 0 Å². The van der Waals surface area contributed by atoms with Gasteiger partial charge in [-0.2, -0.15) is 0 Å². The maximum atomic E-state index is 11.4. The highest BCUT2D eigenvalue weighted by atomic mass is 16.4. The van der Waals surface area contributed by atoms with E-state index < -0.39 is 11.4 Å². The second-order valence-corrected chi connectivity index (χ2v) is 6.85. The van der Waals surface area contributed by atoms with Gasteiger partial charge in [-0.1, -0.05) is 24.3 Å². The zero-order chi connectivity index (χ0) is 19.0. The Labute approximate surface area is 154 Å². The van der Waals surface area contributed by atoms with E-state index in [4.69, 9.17) is 5.73 Å². The van der Waals surface area contributed by atoms with Crippen molar-refractivity contribution < 1.29 is 9.90 Å². The molecule has 2 rings (SSSR count). The number of aromatic nitrogens is 1. The van der Waals surface area contributed by atoms with E-state index in [9.17, 15) is 9.90 Å². The van der Waals surface area contributed by atoms with Gasteiger partial charge in [0.1, 0.15) is 5.82 Å². The van der Waals surface area contributed by atoms with Gasteiger partial charge in [0.25, 0.3) is 0 Å². The van der Waals surface area contributed by atoms with Crippen LogP contribution in [0.5, 0.6) is 0 Å². The number of nitrogens with one attached hydrogen (secondary N) is 2. The zero-order valence-electron chi connectivity index (χ0n) is 15.5. The van der Waals surface area contributed by atoms with Crippen molar-refractivity contribution in [2.75, 3.05) is 30.7 Å². The standard InChI is InChI=1S/C20H28N4O2/c1-20(2,19(25)26)16-7-3-6-15(14-16)9-13-22-10-5-12-23-17-8-4-11-24-18(17)21/h3-4,6-8,11,14,22-23H,5,9-10,12-13H2,1-2H3,(H2,21,24)(H,25,26). The van der Waals surface area contributed by atoms with E-state index in [2.05, 4.69) is 15.6 Å². The number of anilines is 2. The summed E-state index contributed by atoms with van der Waals surface area (Å²) in [6.45, 7) is 6.04. The number of aliphatic carboxylic acids is 1. The number of rotatable bonds is 10. The number of carbonyl (C=O) groups is 1. The highest BCUT2D eigenvalue weighted by Crippen LogP contribution is 2.24. The van der Waals surface area contributed by atoms with Crippen LogP contribution in [0.25, 0.3) is 0 Å². The summed E-state index contributed by atoms with van der Waals surface area (Å²) in [4.78, 5) is 15.4. The first-order valence-electron chi connectivity index (χ1n) is 8.89. The maximum Gasteiger partial charge on any atom is 0.313 e. The van der Waals surface area contributed by atoms with Crippen LogP contribution >= 0.6 is 0 Å². The SMILES string of the molecule is CC(C)(C(=O)O)c1cccc(CCNCCCNc2cccnc2N)c1. The molecular weight excluding hydrogens is 328 g/mol. The average molecular weight is 356 g/mol. The number of nitrogen functional groups attached to an aromatic ring is 1. The van der Waals surface area contributed by atoms with Crippen LogP contribution in [0.2, 0.25) is 0 Å². The van der Waals surface area contributed by atoms with Gasteiger partial charge in [-0.15, -0.1) is 0 Å². The lowest BCUT2D eigenvalue weighted by Gasteiger charge is -2.20. The number of hydrogen-bond donors (Lipinski definition) is 4. The third-order valence-corrected chi connectivity index (χ3v) is 4.46. The van der Waals surface area contributed by atoms with Crippen LogP contribution in [0.15, 0.2) is 42.6 Å². The lowest BCUT2D eigenvalue weighted by Crippen LogP contribution is -2.28. The Morgan fingerprint density at radius 2 is 2.00 bits per heavy atom. The van der Waals surface area contributed by atoms with Crippen molar-refractivity contribution in [2.45, 2.75) is 32.1 Å². The fourth-order valence-electron chi connectivity index (χ4n) is 2.60. The molecule has 6 nitrogen and oxygen atoms in total. The van der Waals surface area contributed by atoms with Crippen LogP contribution in [0.4, 0.5) is 11.5 Å². The smallest absolute Gasteiger partial charge is 0.313 e. The van der Waals surface area contributed by atoms with E-state index in [1.807, 2.05) is 36.4 Å². The van der Waals surface area contributed by atoms with Gasteiger partial charge in [-0.05, 0) is 63.0 Å². The fourth-order valence-corrected chi connectivity index (χ4v) is 2.60. The molecule has 0 radical (unpaired) electrons. The van der Waals surface area contributed by atoms with Crippen molar-refractivity contribution in [3.05, 3.63) is 53.7 Å². The number of carboxylic acid groups (broad SMARTS) is 1. The van der Waals surface area contributed by atoms with Gasteiger partial charge >= 0.3 is 5.97 Å².